The molecule has 0 saturated heterocycles. The third-order valence-corrected chi connectivity index (χ3v) is 3.75. The lowest BCUT2D eigenvalue weighted by Gasteiger charge is -2.13. The number of hydrogen-bond acceptors (Lipinski definition) is 2. The molecule has 0 aliphatic carbocycles. The van der Waals surface area contributed by atoms with Gasteiger partial charge in [0.15, 0.2) is 0 Å². The van der Waals surface area contributed by atoms with Gasteiger partial charge in [-0.3, -0.25) is 0 Å². The van der Waals surface area contributed by atoms with Crippen molar-refractivity contribution in [3.63, 3.8) is 0 Å². The first-order chi connectivity index (χ1) is 7.46. The van der Waals surface area contributed by atoms with Crippen LogP contribution in [0.5, 0.6) is 0 Å². The molecule has 0 aliphatic rings. The minimum Gasteiger partial charge on any atom is -0.212 e. The Bertz CT molecular complexity index is 436. The van der Waals surface area contributed by atoms with Gasteiger partial charge in [-0.05, 0) is 29.9 Å². The Hall–Kier alpha value is -0.540. The molecule has 0 bridgehead atoms. The zero-order chi connectivity index (χ0) is 12.2. The summed E-state index contributed by atoms with van der Waals surface area (Å²) in [6.07, 6.45) is 2.13. The Morgan fingerprint density at radius 2 is 1.88 bits per heavy atom. The van der Waals surface area contributed by atoms with E-state index >= 15 is 0 Å². The van der Waals surface area contributed by atoms with Gasteiger partial charge in [-0.2, -0.15) is 0 Å². The molecular formula is C12H17ClO2S. The van der Waals surface area contributed by atoms with Gasteiger partial charge >= 0.3 is 0 Å². The lowest BCUT2D eigenvalue weighted by Crippen LogP contribution is -1.99. The standard InChI is InChI=1S/C12H17ClO2S/c1-3-11(4-2)12-7-5-6-10(8-12)9-16(13,14)15/h5-8,11H,3-4,9H2,1-2H3. The smallest absolute Gasteiger partial charge is 0.212 e. The largest absolute Gasteiger partial charge is 0.236 e. The second kappa shape index (κ2) is 5.69. The van der Waals surface area contributed by atoms with Gasteiger partial charge in [0.2, 0.25) is 9.05 Å². The number of hydrogen-bond donors (Lipinski definition) is 0. The third kappa shape index (κ3) is 4.14. The van der Waals surface area contributed by atoms with Crippen LogP contribution in [-0.4, -0.2) is 8.42 Å². The molecule has 0 radical (unpaired) electrons. The highest BCUT2D eigenvalue weighted by Crippen LogP contribution is 2.24. The van der Waals surface area contributed by atoms with Crippen LogP contribution in [0.25, 0.3) is 0 Å². The van der Waals surface area contributed by atoms with Crippen molar-refractivity contribution in [3.8, 4) is 0 Å². The first-order valence-corrected chi connectivity index (χ1v) is 7.95. The summed E-state index contributed by atoms with van der Waals surface area (Å²) in [6, 6.07) is 7.68. The summed E-state index contributed by atoms with van der Waals surface area (Å²) in [6.45, 7) is 4.28. The Morgan fingerprint density at radius 3 is 2.38 bits per heavy atom. The van der Waals surface area contributed by atoms with Gasteiger partial charge in [-0.1, -0.05) is 38.1 Å². The van der Waals surface area contributed by atoms with Crippen LogP contribution in [0.15, 0.2) is 24.3 Å². The van der Waals surface area contributed by atoms with Crippen LogP contribution in [0.1, 0.15) is 43.7 Å². The van der Waals surface area contributed by atoms with Gasteiger partial charge in [-0.15, -0.1) is 0 Å². The molecule has 0 aromatic heterocycles. The zero-order valence-corrected chi connectivity index (χ0v) is 11.2. The molecule has 0 heterocycles. The average molecular weight is 261 g/mol. The van der Waals surface area contributed by atoms with Gasteiger partial charge in [0, 0.05) is 10.7 Å². The van der Waals surface area contributed by atoms with E-state index in [-0.39, 0.29) is 5.75 Å². The Labute approximate surface area is 102 Å². The fraction of sp³-hybridized carbons (Fsp3) is 0.500. The molecule has 0 aliphatic heterocycles. The van der Waals surface area contributed by atoms with Crippen molar-refractivity contribution >= 4 is 19.7 Å². The van der Waals surface area contributed by atoms with Gasteiger partial charge in [0.05, 0.1) is 5.75 Å². The van der Waals surface area contributed by atoms with Crippen LogP contribution in [0, 0.1) is 0 Å². The summed E-state index contributed by atoms with van der Waals surface area (Å²) in [5.41, 5.74) is 1.96. The molecule has 0 N–H and O–H groups in total. The topological polar surface area (TPSA) is 34.1 Å². The van der Waals surface area contributed by atoms with Crippen molar-refractivity contribution in [1.29, 1.82) is 0 Å². The van der Waals surface area contributed by atoms with Crippen LogP contribution in [0.2, 0.25) is 0 Å². The van der Waals surface area contributed by atoms with Crippen LogP contribution in [-0.2, 0) is 14.8 Å². The minimum atomic E-state index is -3.46. The summed E-state index contributed by atoms with van der Waals surface area (Å²) in [5.74, 6) is 0.403. The highest BCUT2D eigenvalue weighted by molar-refractivity contribution is 8.13. The van der Waals surface area contributed by atoms with Crippen molar-refractivity contribution in [3.05, 3.63) is 35.4 Å². The molecule has 16 heavy (non-hydrogen) atoms. The number of halogens is 1. The van der Waals surface area contributed by atoms with E-state index in [2.05, 4.69) is 13.8 Å². The third-order valence-electron chi connectivity index (χ3n) is 2.75. The fourth-order valence-electron chi connectivity index (χ4n) is 1.90. The molecule has 0 saturated carbocycles. The van der Waals surface area contributed by atoms with E-state index in [1.54, 1.807) is 6.07 Å². The van der Waals surface area contributed by atoms with Gasteiger partial charge in [0.1, 0.15) is 0 Å². The second-order valence-electron chi connectivity index (χ2n) is 3.94. The molecule has 1 rings (SSSR count). The maximum Gasteiger partial charge on any atom is 0.236 e. The van der Waals surface area contributed by atoms with E-state index in [9.17, 15) is 8.42 Å². The maximum absolute atomic E-state index is 11.0. The lowest BCUT2D eigenvalue weighted by molar-refractivity contribution is 0.608. The molecular weight excluding hydrogens is 244 g/mol. The molecule has 0 unspecified atom stereocenters. The fourth-order valence-corrected chi connectivity index (χ4v) is 2.85. The van der Waals surface area contributed by atoms with E-state index < -0.39 is 9.05 Å². The predicted octanol–water partition coefficient (Wildman–Crippen LogP) is 3.66. The number of benzene rings is 1. The van der Waals surface area contributed by atoms with Crippen molar-refractivity contribution < 1.29 is 8.42 Å². The quantitative estimate of drug-likeness (QED) is 0.757. The molecule has 0 spiro atoms. The SMILES string of the molecule is CCC(CC)c1cccc(CS(=O)(=O)Cl)c1. The van der Waals surface area contributed by atoms with Crippen molar-refractivity contribution in [1.82, 2.24) is 0 Å². The maximum atomic E-state index is 11.0. The predicted molar refractivity (Wildman–Crippen MR) is 68.2 cm³/mol. The van der Waals surface area contributed by atoms with Crippen LogP contribution in [0.3, 0.4) is 0 Å². The molecule has 2 nitrogen and oxygen atoms in total. The highest BCUT2D eigenvalue weighted by Gasteiger charge is 2.10. The van der Waals surface area contributed by atoms with E-state index in [1.165, 1.54) is 5.56 Å². The number of rotatable bonds is 5. The van der Waals surface area contributed by atoms with Crippen LogP contribution < -0.4 is 0 Å². The Morgan fingerprint density at radius 1 is 1.25 bits per heavy atom. The summed E-state index contributed by atoms with van der Waals surface area (Å²) >= 11 is 0. The second-order valence-corrected chi connectivity index (χ2v) is 6.72. The van der Waals surface area contributed by atoms with E-state index in [0.29, 0.717) is 5.92 Å². The summed E-state index contributed by atoms with van der Waals surface area (Å²) in [5, 5.41) is 0. The van der Waals surface area contributed by atoms with E-state index in [4.69, 9.17) is 10.7 Å². The monoisotopic (exact) mass is 260 g/mol. The Kier molecular flexibility index (Phi) is 4.81. The summed E-state index contributed by atoms with van der Waals surface area (Å²) < 4.78 is 22.0. The van der Waals surface area contributed by atoms with Gasteiger partial charge in [0.25, 0.3) is 0 Å². The summed E-state index contributed by atoms with van der Waals surface area (Å²) in [4.78, 5) is 0. The first-order valence-electron chi connectivity index (χ1n) is 5.47. The first kappa shape index (κ1) is 13.5. The molecule has 90 valence electrons. The average Bonchev–Trinajstić information content (AvgIpc) is 2.17. The van der Waals surface area contributed by atoms with Gasteiger partial charge in [-0.25, -0.2) is 8.42 Å². The minimum absolute atomic E-state index is 0.0947. The van der Waals surface area contributed by atoms with Crippen molar-refractivity contribution in [2.45, 2.75) is 38.4 Å². The molecule has 0 amide bonds. The van der Waals surface area contributed by atoms with Crippen LogP contribution in [0.4, 0.5) is 0 Å². The van der Waals surface area contributed by atoms with Crippen LogP contribution >= 0.6 is 10.7 Å². The van der Waals surface area contributed by atoms with E-state index in [0.717, 1.165) is 18.4 Å². The van der Waals surface area contributed by atoms with Crippen molar-refractivity contribution in [2.75, 3.05) is 0 Å². The summed E-state index contributed by atoms with van der Waals surface area (Å²) in [7, 11) is 1.78. The molecule has 0 atom stereocenters. The molecule has 1 aromatic carbocycles. The molecule has 4 heteroatoms. The lowest BCUT2D eigenvalue weighted by atomic mass is 9.93. The normalized spacial score (nSPS) is 12.0. The highest BCUT2D eigenvalue weighted by atomic mass is 35.7. The van der Waals surface area contributed by atoms with Crippen molar-refractivity contribution in [2.24, 2.45) is 0 Å². The molecule has 0 fully saturated rings. The zero-order valence-electron chi connectivity index (χ0n) is 9.61. The Balaban J connectivity index is 2.95. The molecule has 1 aromatic rings. The van der Waals surface area contributed by atoms with E-state index in [1.807, 2.05) is 18.2 Å². The van der Waals surface area contributed by atoms with Gasteiger partial charge < -0.3 is 0 Å².